The van der Waals surface area contributed by atoms with E-state index in [1.54, 1.807) is 24.4 Å². The van der Waals surface area contributed by atoms with Gasteiger partial charge in [-0.05, 0) is 32.4 Å². The molecule has 204 valence electrons. The van der Waals surface area contributed by atoms with Gasteiger partial charge in [0, 0.05) is 66.2 Å². The Hall–Kier alpha value is -3.58. The van der Waals surface area contributed by atoms with Crippen molar-refractivity contribution < 1.29 is 9.47 Å². The summed E-state index contributed by atoms with van der Waals surface area (Å²) in [6.07, 6.45) is 5.61. The van der Waals surface area contributed by atoms with E-state index < -0.39 is 0 Å². The molecule has 1 aliphatic heterocycles. The van der Waals surface area contributed by atoms with Crippen LogP contribution < -0.4 is 25.4 Å². The molecule has 0 saturated carbocycles. The van der Waals surface area contributed by atoms with Gasteiger partial charge in [-0.15, -0.1) is 0 Å². The topological polar surface area (TPSA) is 133 Å². The van der Waals surface area contributed by atoms with Crippen LogP contribution in [0.4, 0.5) is 11.5 Å². The van der Waals surface area contributed by atoms with Gasteiger partial charge in [0.1, 0.15) is 18.5 Å². The molecule has 1 saturated heterocycles. The number of nitrogens with one attached hydrogen (secondary N) is 2. The number of pyridine rings is 2. The van der Waals surface area contributed by atoms with Gasteiger partial charge in [-0.25, -0.2) is 4.98 Å². The summed E-state index contributed by atoms with van der Waals surface area (Å²) in [6.45, 7) is 8.04. The summed E-state index contributed by atoms with van der Waals surface area (Å²) in [7, 11) is 1.50. The molecule has 11 heteroatoms. The number of anilines is 2. The van der Waals surface area contributed by atoms with E-state index in [0.29, 0.717) is 61.3 Å². The van der Waals surface area contributed by atoms with Gasteiger partial charge in [-0.1, -0.05) is 30.1 Å². The minimum atomic E-state index is -0.0339. The SMILES string of the molecule is CCC(C)NC1(C)CN(c2ncc(C(=N)c3cc(OCc4c(Cl)cncc4Cl)c(OC)cc3N)cc2C#N)C1. The fraction of sp³-hybridized carbons (Fsp3) is 0.357. The highest BCUT2D eigenvalue weighted by Crippen LogP contribution is 2.36. The second-order valence-electron chi connectivity index (χ2n) is 9.91. The second kappa shape index (κ2) is 11.7. The average Bonchev–Trinajstić information content (AvgIpc) is 2.90. The van der Waals surface area contributed by atoms with Crippen LogP contribution in [-0.2, 0) is 6.61 Å². The Labute approximate surface area is 238 Å². The molecule has 3 aromatic rings. The van der Waals surface area contributed by atoms with Crippen molar-refractivity contribution in [2.24, 2.45) is 0 Å². The largest absolute Gasteiger partial charge is 0.493 e. The molecule has 0 bridgehead atoms. The maximum absolute atomic E-state index is 9.88. The molecule has 1 aliphatic rings. The number of ether oxygens (including phenoxy) is 2. The maximum Gasteiger partial charge on any atom is 0.162 e. The lowest BCUT2D eigenvalue weighted by molar-refractivity contribution is 0.251. The van der Waals surface area contributed by atoms with Gasteiger partial charge in [0.05, 0.1) is 34.0 Å². The number of nitrogens with two attached hydrogens (primary N) is 1. The number of methoxy groups -OCH3 is 1. The highest BCUT2D eigenvalue weighted by Gasteiger charge is 2.40. The molecule has 0 amide bonds. The molecule has 1 aromatic carbocycles. The normalized spacial score (nSPS) is 14.7. The highest BCUT2D eigenvalue weighted by molar-refractivity contribution is 6.35. The number of nitrogen functional groups attached to an aromatic ring is 1. The van der Waals surface area contributed by atoms with E-state index in [2.05, 4.69) is 47.0 Å². The lowest BCUT2D eigenvalue weighted by atomic mass is 9.90. The number of benzene rings is 1. The van der Waals surface area contributed by atoms with E-state index in [9.17, 15) is 5.26 Å². The van der Waals surface area contributed by atoms with E-state index in [-0.39, 0.29) is 17.9 Å². The van der Waals surface area contributed by atoms with Crippen molar-refractivity contribution in [1.82, 2.24) is 15.3 Å². The second-order valence-corrected chi connectivity index (χ2v) is 10.7. The minimum Gasteiger partial charge on any atom is -0.493 e. The zero-order valence-electron chi connectivity index (χ0n) is 22.3. The van der Waals surface area contributed by atoms with Crippen molar-refractivity contribution in [3.8, 4) is 17.6 Å². The van der Waals surface area contributed by atoms with Gasteiger partial charge in [0.15, 0.2) is 11.5 Å². The first-order chi connectivity index (χ1) is 18.6. The monoisotopic (exact) mass is 567 g/mol. The van der Waals surface area contributed by atoms with E-state index in [4.69, 9.17) is 43.8 Å². The van der Waals surface area contributed by atoms with Gasteiger partial charge in [-0.3, -0.25) is 10.4 Å². The molecule has 4 N–H and O–H groups in total. The Kier molecular flexibility index (Phi) is 8.50. The van der Waals surface area contributed by atoms with Crippen molar-refractivity contribution in [2.75, 3.05) is 30.8 Å². The van der Waals surface area contributed by atoms with Crippen molar-refractivity contribution in [2.45, 2.75) is 45.4 Å². The zero-order chi connectivity index (χ0) is 28.3. The van der Waals surface area contributed by atoms with E-state index in [1.807, 2.05) is 0 Å². The van der Waals surface area contributed by atoms with Crippen molar-refractivity contribution in [1.29, 1.82) is 10.7 Å². The van der Waals surface area contributed by atoms with Gasteiger partial charge >= 0.3 is 0 Å². The number of rotatable bonds is 10. The van der Waals surface area contributed by atoms with Crippen LogP contribution >= 0.6 is 23.2 Å². The molecule has 9 nitrogen and oxygen atoms in total. The smallest absolute Gasteiger partial charge is 0.162 e. The maximum atomic E-state index is 9.88. The average molecular weight is 569 g/mol. The molecule has 4 rings (SSSR count). The quantitative estimate of drug-likeness (QED) is 0.224. The van der Waals surface area contributed by atoms with E-state index in [0.717, 1.165) is 19.5 Å². The first-order valence-electron chi connectivity index (χ1n) is 12.5. The van der Waals surface area contributed by atoms with Gasteiger partial charge in [0.25, 0.3) is 0 Å². The lowest BCUT2D eigenvalue weighted by Gasteiger charge is -2.50. The fourth-order valence-corrected chi connectivity index (χ4v) is 5.08. The Morgan fingerprint density at radius 2 is 1.92 bits per heavy atom. The van der Waals surface area contributed by atoms with Crippen molar-refractivity contribution >= 4 is 40.4 Å². The standard InChI is InChI=1S/C28H31Cl2N7O2/c1-5-16(2)36-28(3)14-37(15-28)27-17(9-31)6-18(10-35-27)26(33)19-7-25(24(38-4)8-23(19)32)39-13-20-21(29)11-34-12-22(20)30/h6-8,10-12,16,33,36H,5,13-15,32H2,1-4H3. The van der Waals surface area contributed by atoms with Crippen LogP contribution in [0.3, 0.4) is 0 Å². The molecule has 1 fully saturated rings. The molecular weight excluding hydrogens is 537 g/mol. The molecule has 2 aromatic heterocycles. The summed E-state index contributed by atoms with van der Waals surface area (Å²) in [5, 5.41) is 23.1. The van der Waals surface area contributed by atoms with Crippen LogP contribution in [0, 0.1) is 16.7 Å². The molecule has 3 heterocycles. The van der Waals surface area contributed by atoms with Crippen LogP contribution in [-0.4, -0.2) is 47.5 Å². The molecule has 1 atom stereocenters. The molecule has 0 aliphatic carbocycles. The van der Waals surface area contributed by atoms with Crippen LogP contribution in [0.5, 0.6) is 11.5 Å². The summed E-state index contributed by atoms with van der Waals surface area (Å²) in [6, 6.07) is 7.53. The summed E-state index contributed by atoms with van der Waals surface area (Å²) in [5.74, 6) is 1.35. The van der Waals surface area contributed by atoms with Gasteiger partial charge in [0.2, 0.25) is 0 Å². The third-order valence-electron chi connectivity index (χ3n) is 6.79. The Morgan fingerprint density at radius 3 is 2.54 bits per heavy atom. The van der Waals surface area contributed by atoms with Crippen LogP contribution in [0.25, 0.3) is 0 Å². The summed E-state index contributed by atoms with van der Waals surface area (Å²) < 4.78 is 11.4. The number of hydrogen-bond donors (Lipinski definition) is 3. The van der Waals surface area contributed by atoms with Gasteiger partial charge < -0.3 is 25.4 Å². The Bertz CT molecular complexity index is 1410. The number of nitrogens with zero attached hydrogens (tertiary/aromatic N) is 4. The minimum absolute atomic E-state index is 0.0339. The highest BCUT2D eigenvalue weighted by atomic mass is 35.5. The third kappa shape index (κ3) is 6.04. The fourth-order valence-electron chi connectivity index (χ4n) is 4.61. The number of hydrogen-bond acceptors (Lipinski definition) is 9. The molecule has 0 radical (unpaired) electrons. The molecule has 1 unspecified atom stereocenters. The van der Waals surface area contributed by atoms with Crippen molar-refractivity contribution in [3.63, 3.8) is 0 Å². The summed E-state index contributed by atoms with van der Waals surface area (Å²) >= 11 is 12.5. The Balaban J connectivity index is 1.57. The predicted octanol–water partition coefficient (Wildman–Crippen LogP) is 5.21. The lowest BCUT2D eigenvalue weighted by Crippen LogP contribution is -2.69. The van der Waals surface area contributed by atoms with Crippen LogP contribution in [0.1, 0.15) is 49.4 Å². The van der Waals surface area contributed by atoms with E-state index in [1.165, 1.54) is 19.5 Å². The zero-order valence-corrected chi connectivity index (χ0v) is 23.8. The van der Waals surface area contributed by atoms with Crippen molar-refractivity contribution in [3.05, 3.63) is 69.1 Å². The van der Waals surface area contributed by atoms with Crippen LogP contribution in [0.15, 0.2) is 36.8 Å². The number of nitriles is 1. The molecular formula is C28H31Cl2N7O2. The number of halogens is 2. The van der Waals surface area contributed by atoms with Gasteiger partial charge in [-0.2, -0.15) is 5.26 Å². The predicted molar refractivity (Wildman–Crippen MR) is 154 cm³/mol. The molecule has 39 heavy (non-hydrogen) atoms. The summed E-state index contributed by atoms with van der Waals surface area (Å²) in [4.78, 5) is 10.6. The number of aromatic nitrogens is 2. The van der Waals surface area contributed by atoms with Crippen LogP contribution in [0.2, 0.25) is 10.0 Å². The third-order valence-corrected chi connectivity index (χ3v) is 7.44. The first-order valence-corrected chi connectivity index (χ1v) is 13.2. The summed E-state index contributed by atoms with van der Waals surface area (Å²) in [5.41, 5.74) is 8.51. The molecule has 0 spiro atoms. The Morgan fingerprint density at radius 1 is 1.23 bits per heavy atom. The van der Waals surface area contributed by atoms with E-state index >= 15 is 0 Å². The first kappa shape index (κ1) is 28.4.